The number of hydrogen-bond donors (Lipinski definition) is 0. The molecule has 0 atom stereocenters. The first-order chi connectivity index (χ1) is 12.0. The van der Waals surface area contributed by atoms with E-state index in [-0.39, 0.29) is 11.8 Å². The van der Waals surface area contributed by atoms with Crippen molar-refractivity contribution in [1.82, 2.24) is 9.21 Å². The zero-order valence-corrected chi connectivity index (χ0v) is 16.5. The number of piperidine rings is 1. The van der Waals surface area contributed by atoms with E-state index in [0.717, 1.165) is 12.8 Å². The highest BCUT2D eigenvalue weighted by atomic mass is 32.2. The van der Waals surface area contributed by atoms with Crippen LogP contribution in [0.2, 0.25) is 0 Å². The first-order valence-corrected chi connectivity index (χ1v) is 11.6. The maximum absolute atomic E-state index is 12.9. The molecule has 0 unspecified atom stereocenters. The lowest BCUT2D eigenvalue weighted by Crippen LogP contribution is -2.45. The number of thiophene rings is 1. The smallest absolute Gasteiger partial charge is 0.252 e. The van der Waals surface area contributed by atoms with E-state index >= 15 is 0 Å². The molecule has 3 rings (SSSR count). The maximum atomic E-state index is 12.9. The molecule has 2 fully saturated rings. The van der Waals surface area contributed by atoms with E-state index in [1.165, 1.54) is 41.3 Å². The number of sulfonamides is 1. The van der Waals surface area contributed by atoms with Gasteiger partial charge in [-0.3, -0.25) is 4.79 Å². The Morgan fingerprint density at radius 1 is 1.12 bits per heavy atom. The zero-order valence-electron chi connectivity index (χ0n) is 14.9. The summed E-state index contributed by atoms with van der Waals surface area (Å²) >= 11 is 1.25. The van der Waals surface area contributed by atoms with Gasteiger partial charge in [0.2, 0.25) is 5.91 Å². The molecule has 1 saturated carbocycles. The van der Waals surface area contributed by atoms with Crippen LogP contribution in [0.25, 0.3) is 0 Å². The predicted octanol–water partition coefficient (Wildman–Crippen LogP) is 3.33. The average Bonchev–Trinajstić information content (AvgIpc) is 3.05. The largest absolute Gasteiger partial charge is 0.343 e. The Bertz CT molecular complexity index is 657. The monoisotopic (exact) mass is 384 g/mol. The number of amides is 1. The fourth-order valence-electron chi connectivity index (χ4n) is 3.99. The molecule has 0 bridgehead atoms. The van der Waals surface area contributed by atoms with Crippen molar-refractivity contribution < 1.29 is 13.2 Å². The van der Waals surface area contributed by atoms with E-state index in [4.69, 9.17) is 0 Å². The van der Waals surface area contributed by atoms with Gasteiger partial charge in [-0.15, -0.1) is 11.3 Å². The van der Waals surface area contributed by atoms with E-state index in [1.807, 2.05) is 11.9 Å². The lowest BCUT2D eigenvalue weighted by atomic mass is 9.95. The topological polar surface area (TPSA) is 57.7 Å². The van der Waals surface area contributed by atoms with Gasteiger partial charge in [0.1, 0.15) is 4.21 Å². The zero-order chi connectivity index (χ0) is 17.9. The molecule has 0 radical (unpaired) electrons. The van der Waals surface area contributed by atoms with Crippen molar-refractivity contribution in [3.8, 4) is 0 Å². The molecule has 0 N–H and O–H groups in total. The molecule has 2 aliphatic rings. The highest BCUT2D eigenvalue weighted by Gasteiger charge is 2.34. The van der Waals surface area contributed by atoms with E-state index in [2.05, 4.69) is 0 Å². The molecular formula is C18H28N2O3S2. The van der Waals surface area contributed by atoms with Crippen LogP contribution in [-0.2, 0) is 14.8 Å². The van der Waals surface area contributed by atoms with Gasteiger partial charge in [-0.2, -0.15) is 4.31 Å². The minimum Gasteiger partial charge on any atom is -0.343 e. The molecule has 140 valence electrons. The minimum absolute atomic E-state index is 0.0389. The number of hydrogen-bond acceptors (Lipinski definition) is 4. The van der Waals surface area contributed by atoms with Crippen LogP contribution in [0.5, 0.6) is 0 Å². The lowest BCUT2D eigenvalue weighted by Gasteiger charge is -2.35. The van der Waals surface area contributed by atoms with Crippen LogP contribution in [0.1, 0.15) is 51.4 Å². The Kier molecular flexibility index (Phi) is 6.17. The van der Waals surface area contributed by atoms with Gasteiger partial charge in [0.25, 0.3) is 10.0 Å². The summed E-state index contributed by atoms with van der Waals surface area (Å²) in [6.07, 6.45) is 8.43. The van der Waals surface area contributed by atoms with Crippen LogP contribution in [-0.4, -0.2) is 49.7 Å². The molecule has 1 aromatic heterocycles. The summed E-state index contributed by atoms with van der Waals surface area (Å²) in [5.41, 5.74) is 0. The Hall–Kier alpha value is -0.920. The van der Waals surface area contributed by atoms with Crippen molar-refractivity contribution in [3.05, 3.63) is 17.5 Å². The third kappa shape index (κ3) is 4.26. The fraction of sp³-hybridized carbons (Fsp3) is 0.722. The first-order valence-electron chi connectivity index (χ1n) is 9.30. The third-order valence-corrected chi connectivity index (χ3v) is 8.88. The quantitative estimate of drug-likeness (QED) is 0.748. The molecule has 25 heavy (non-hydrogen) atoms. The Morgan fingerprint density at radius 2 is 1.76 bits per heavy atom. The van der Waals surface area contributed by atoms with Crippen LogP contribution in [0, 0.1) is 5.92 Å². The Balaban J connectivity index is 1.57. The summed E-state index contributed by atoms with van der Waals surface area (Å²) in [7, 11) is -1.45. The summed E-state index contributed by atoms with van der Waals surface area (Å²) in [4.78, 5) is 14.8. The molecule has 1 aliphatic carbocycles. The number of carbonyl (C=O) groups is 1. The van der Waals surface area contributed by atoms with Crippen LogP contribution in [0.15, 0.2) is 21.7 Å². The minimum atomic E-state index is -3.39. The van der Waals surface area contributed by atoms with Crippen molar-refractivity contribution >= 4 is 27.3 Å². The summed E-state index contributed by atoms with van der Waals surface area (Å²) < 4.78 is 27.1. The van der Waals surface area contributed by atoms with Crippen molar-refractivity contribution in [1.29, 1.82) is 0 Å². The van der Waals surface area contributed by atoms with Crippen molar-refractivity contribution in [2.24, 2.45) is 5.92 Å². The van der Waals surface area contributed by atoms with Crippen molar-refractivity contribution in [2.75, 3.05) is 20.1 Å². The second-order valence-corrected chi connectivity index (χ2v) is 10.3. The van der Waals surface area contributed by atoms with Crippen LogP contribution >= 0.6 is 11.3 Å². The molecule has 1 aromatic rings. The molecule has 2 heterocycles. The summed E-state index contributed by atoms with van der Waals surface area (Å²) in [5.74, 6) is 0.170. The second-order valence-electron chi connectivity index (χ2n) is 7.20. The van der Waals surface area contributed by atoms with Gasteiger partial charge in [-0.25, -0.2) is 8.42 Å². The summed E-state index contributed by atoms with van der Waals surface area (Å²) in [5, 5.41) is 1.78. The predicted molar refractivity (Wildman–Crippen MR) is 100 cm³/mol. The third-order valence-electron chi connectivity index (χ3n) is 5.61. The lowest BCUT2D eigenvalue weighted by molar-refractivity contribution is -0.137. The van der Waals surface area contributed by atoms with Gasteiger partial charge in [0, 0.05) is 32.1 Å². The molecule has 5 nitrogen and oxygen atoms in total. The fourth-order valence-corrected chi connectivity index (χ4v) is 6.61. The molecule has 1 amide bonds. The van der Waals surface area contributed by atoms with Gasteiger partial charge in [-0.1, -0.05) is 31.7 Å². The molecule has 0 aromatic carbocycles. The number of carbonyl (C=O) groups excluding carboxylic acids is 1. The highest BCUT2D eigenvalue weighted by molar-refractivity contribution is 7.91. The summed E-state index contributed by atoms with van der Waals surface area (Å²) in [6.45, 7) is 0.879. The highest BCUT2D eigenvalue weighted by Crippen LogP contribution is 2.29. The Labute approximate surface area is 155 Å². The maximum Gasteiger partial charge on any atom is 0.252 e. The van der Waals surface area contributed by atoms with Gasteiger partial charge < -0.3 is 4.90 Å². The average molecular weight is 385 g/mol. The second kappa shape index (κ2) is 8.18. The van der Waals surface area contributed by atoms with Crippen LogP contribution < -0.4 is 0 Å². The SMILES string of the molecule is CN(C(=O)C1CCN(S(=O)(=O)c2cccs2)CC1)C1CCCCCC1. The molecule has 0 spiro atoms. The standard InChI is InChI=1S/C18H28N2O3S2/c1-19(16-7-4-2-3-5-8-16)18(21)15-10-12-20(13-11-15)25(22,23)17-9-6-14-24-17/h6,9,14-16H,2-5,7-8,10-13H2,1H3. The number of nitrogens with zero attached hydrogens (tertiary/aromatic N) is 2. The summed E-state index contributed by atoms with van der Waals surface area (Å²) in [6, 6.07) is 3.77. The molecular weight excluding hydrogens is 356 g/mol. The Morgan fingerprint density at radius 3 is 2.32 bits per heavy atom. The molecule has 1 aliphatic heterocycles. The first kappa shape index (κ1) is 18.9. The van der Waals surface area contributed by atoms with Crippen LogP contribution in [0.3, 0.4) is 0 Å². The van der Waals surface area contributed by atoms with E-state index in [0.29, 0.717) is 36.2 Å². The van der Waals surface area contributed by atoms with E-state index < -0.39 is 10.0 Å². The normalized spacial score (nSPS) is 21.8. The van der Waals surface area contributed by atoms with E-state index in [1.54, 1.807) is 17.5 Å². The van der Waals surface area contributed by atoms with Crippen molar-refractivity contribution in [2.45, 2.75) is 61.6 Å². The van der Waals surface area contributed by atoms with Crippen molar-refractivity contribution in [3.63, 3.8) is 0 Å². The van der Waals surface area contributed by atoms with Gasteiger partial charge in [0.15, 0.2) is 0 Å². The van der Waals surface area contributed by atoms with Gasteiger partial charge in [-0.05, 0) is 37.1 Å². The van der Waals surface area contributed by atoms with Gasteiger partial charge in [0.05, 0.1) is 0 Å². The van der Waals surface area contributed by atoms with Crippen LogP contribution in [0.4, 0.5) is 0 Å². The molecule has 1 saturated heterocycles. The van der Waals surface area contributed by atoms with Gasteiger partial charge >= 0.3 is 0 Å². The molecule has 7 heteroatoms. The van der Waals surface area contributed by atoms with E-state index in [9.17, 15) is 13.2 Å². The number of rotatable bonds is 4.